The Kier molecular flexibility index (Phi) is 7.16. The number of anilines is 1. The molecule has 36 heavy (non-hydrogen) atoms. The predicted octanol–water partition coefficient (Wildman–Crippen LogP) is 6.96. The summed E-state index contributed by atoms with van der Waals surface area (Å²) in [6, 6.07) is 10.7. The summed E-state index contributed by atoms with van der Waals surface area (Å²) < 4.78 is 44.3. The van der Waals surface area contributed by atoms with Gasteiger partial charge in [-0.25, -0.2) is 4.79 Å². The Balaban J connectivity index is 1.49. The van der Waals surface area contributed by atoms with Crippen LogP contribution in [0.15, 0.2) is 48.0 Å². The predicted molar refractivity (Wildman–Crippen MR) is 132 cm³/mol. The van der Waals surface area contributed by atoms with Crippen LogP contribution in [0.5, 0.6) is 0 Å². The third-order valence-electron chi connectivity index (χ3n) is 6.43. The van der Waals surface area contributed by atoms with Gasteiger partial charge in [-0.15, -0.1) is 0 Å². The molecule has 0 aromatic heterocycles. The first kappa shape index (κ1) is 25.8. The van der Waals surface area contributed by atoms with Crippen molar-refractivity contribution in [1.29, 1.82) is 0 Å². The minimum atomic E-state index is -4.39. The van der Waals surface area contributed by atoms with E-state index in [4.69, 9.17) is 4.74 Å². The van der Waals surface area contributed by atoms with Crippen molar-refractivity contribution in [2.45, 2.75) is 71.2 Å². The Morgan fingerprint density at radius 1 is 0.917 bits per heavy atom. The molecular weight excluding hydrogens is 469 g/mol. The highest BCUT2D eigenvalue weighted by atomic mass is 19.4. The third-order valence-corrected chi connectivity index (χ3v) is 6.43. The lowest BCUT2D eigenvalue weighted by Gasteiger charge is -2.31. The van der Waals surface area contributed by atoms with E-state index in [1.54, 1.807) is 4.90 Å². The molecule has 0 unspecified atom stereocenters. The van der Waals surface area contributed by atoms with Crippen molar-refractivity contribution >= 4 is 23.3 Å². The van der Waals surface area contributed by atoms with Gasteiger partial charge in [-0.3, -0.25) is 4.79 Å². The topological polar surface area (TPSA) is 58.6 Å². The number of amides is 2. The molecule has 0 atom stereocenters. The molecule has 1 aliphatic carbocycles. The van der Waals surface area contributed by atoms with Gasteiger partial charge in [0, 0.05) is 24.4 Å². The number of hydrogen-bond acceptors (Lipinski definition) is 3. The molecule has 0 saturated heterocycles. The number of carbonyl (C=O) groups is 2. The highest BCUT2D eigenvalue weighted by molar-refractivity contribution is 6.09. The Bertz CT molecular complexity index is 1180. The van der Waals surface area contributed by atoms with Crippen molar-refractivity contribution in [2.75, 3.05) is 11.9 Å². The lowest BCUT2D eigenvalue weighted by atomic mass is 9.86. The fourth-order valence-electron chi connectivity index (χ4n) is 4.65. The Morgan fingerprint density at radius 2 is 1.61 bits per heavy atom. The Morgan fingerprint density at radius 3 is 2.28 bits per heavy atom. The van der Waals surface area contributed by atoms with Crippen molar-refractivity contribution in [3.05, 3.63) is 70.3 Å². The zero-order chi connectivity index (χ0) is 26.1. The number of halogens is 3. The SMILES string of the molecule is CC(C)(C)OC(=O)N1CCc2cc(NC(=O)C3=C(c4ccc(C(F)(F)F)cc4)CCCC3)ccc2C1. The Hall–Kier alpha value is -3.29. The first-order chi connectivity index (χ1) is 16.9. The summed E-state index contributed by atoms with van der Waals surface area (Å²) in [4.78, 5) is 27.3. The van der Waals surface area contributed by atoms with Crippen LogP contribution in [0.1, 0.15) is 68.7 Å². The smallest absolute Gasteiger partial charge is 0.416 e. The molecule has 2 aromatic carbocycles. The van der Waals surface area contributed by atoms with Gasteiger partial charge < -0.3 is 15.0 Å². The molecule has 1 N–H and O–H groups in total. The van der Waals surface area contributed by atoms with Crippen LogP contribution < -0.4 is 5.32 Å². The van der Waals surface area contributed by atoms with E-state index in [-0.39, 0.29) is 12.0 Å². The highest BCUT2D eigenvalue weighted by Crippen LogP contribution is 2.35. The van der Waals surface area contributed by atoms with E-state index in [9.17, 15) is 22.8 Å². The van der Waals surface area contributed by atoms with Crippen LogP contribution >= 0.6 is 0 Å². The molecule has 0 radical (unpaired) electrons. The zero-order valence-corrected chi connectivity index (χ0v) is 20.8. The van der Waals surface area contributed by atoms with Crippen LogP contribution in [0.25, 0.3) is 5.57 Å². The van der Waals surface area contributed by atoms with Gasteiger partial charge in [0.05, 0.1) is 5.56 Å². The molecule has 0 spiro atoms. The second kappa shape index (κ2) is 9.99. The molecule has 0 fully saturated rings. The number of allylic oxidation sites excluding steroid dienone is 1. The van der Waals surface area contributed by atoms with Crippen LogP contribution in [0, 0.1) is 0 Å². The first-order valence-electron chi connectivity index (χ1n) is 12.2. The van der Waals surface area contributed by atoms with Crippen LogP contribution in [0.3, 0.4) is 0 Å². The summed E-state index contributed by atoms with van der Waals surface area (Å²) in [7, 11) is 0. The fourth-order valence-corrected chi connectivity index (χ4v) is 4.65. The van der Waals surface area contributed by atoms with Gasteiger partial charge in [-0.1, -0.05) is 18.2 Å². The quantitative estimate of drug-likeness (QED) is 0.495. The molecular formula is C28H31F3N2O3. The molecule has 2 amide bonds. The van der Waals surface area contributed by atoms with E-state index in [2.05, 4.69) is 5.32 Å². The second-order valence-corrected chi connectivity index (χ2v) is 10.3. The zero-order valence-electron chi connectivity index (χ0n) is 20.8. The standard InChI is InChI=1S/C28H31F3N2O3/c1-27(2,3)36-26(35)33-15-14-19-16-22(13-10-20(19)17-33)32-25(34)24-7-5-4-6-23(24)18-8-11-21(12-9-18)28(29,30)31/h8-13,16H,4-7,14-15,17H2,1-3H3,(H,32,34). The molecule has 5 nitrogen and oxygen atoms in total. The maximum absolute atomic E-state index is 13.2. The minimum Gasteiger partial charge on any atom is -0.444 e. The lowest BCUT2D eigenvalue weighted by molar-refractivity contribution is -0.137. The number of ether oxygens (including phenoxy) is 1. The van der Waals surface area contributed by atoms with Gasteiger partial charge in [-0.05, 0) is 99.4 Å². The first-order valence-corrected chi connectivity index (χ1v) is 12.2. The van der Waals surface area contributed by atoms with E-state index in [1.807, 2.05) is 39.0 Å². The van der Waals surface area contributed by atoms with Crippen LogP contribution in [-0.2, 0) is 28.7 Å². The molecule has 0 saturated carbocycles. The number of rotatable bonds is 3. The van der Waals surface area contributed by atoms with E-state index >= 15 is 0 Å². The van der Waals surface area contributed by atoms with Crippen molar-refractivity contribution in [1.82, 2.24) is 4.90 Å². The van der Waals surface area contributed by atoms with Crippen molar-refractivity contribution in [2.24, 2.45) is 0 Å². The van der Waals surface area contributed by atoms with Crippen molar-refractivity contribution < 1.29 is 27.5 Å². The summed E-state index contributed by atoms with van der Waals surface area (Å²) in [5, 5.41) is 2.98. The highest BCUT2D eigenvalue weighted by Gasteiger charge is 2.30. The monoisotopic (exact) mass is 500 g/mol. The lowest BCUT2D eigenvalue weighted by Crippen LogP contribution is -2.39. The van der Waals surface area contributed by atoms with Gasteiger partial charge in [0.25, 0.3) is 5.91 Å². The number of benzene rings is 2. The van der Waals surface area contributed by atoms with Crippen LogP contribution in [-0.4, -0.2) is 29.0 Å². The number of fused-ring (bicyclic) bond motifs is 1. The molecule has 4 rings (SSSR count). The number of nitrogens with one attached hydrogen (secondary N) is 1. The van der Waals surface area contributed by atoms with Crippen LogP contribution in [0.4, 0.5) is 23.7 Å². The Labute approximate surface area is 209 Å². The third kappa shape index (κ3) is 6.09. The van der Waals surface area contributed by atoms with Gasteiger partial charge in [-0.2, -0.15) is 13.2 Å². The molecule has 2 aromatic rings. The fraction of sp³-hybridized carbons (Fsp3) is 0.429. The number of alkyl halides is 3. The van der Waals surface area contributed by atoms with E-state index in [0.29, 0.717) is 49.2 Å². The van der Waals surface area contributed by atoms with Gasteiger partial charge >= 0.3 is 12.3 Å². The van der Waals surface area contributed by atoms with Gasteiger partial charge in [0.1, 0.15) is 5.60 Å². The summed E-state index contributed by atoms with van der Waals surface area (Å²) in [5.74, 6) is -0.226. The maximum Gasteiger partial charge on any atom is 0.416 e. The average molecular weight is 501 g/mol. The van der Waals surface area contributed by atoms with E-state index in [0.717, 1.165) is 41.7 Å². The molecule has 192 valence electrons. The average Bonchev–Trinajstić information content (AvgIpc) is 2.82. The summed E-state index contributed by atoms with van der Waals surface area (Å²) in [6.45, 7) is 6.48. The van der Waals surface area contributed by atoms with Crippen LogP contribution in [0.2, 0.25) is 0 Å². The summed E-state index contributed by atoms with van der Waals surface area (Å²) >= 11 is 0. The van der Waals surface area contributed by atoms with E-state index < -0.39 is 17.3 Å². The second-order valence-electron chi connectivity index (χ2n) is 10.3. The van der Waals surface area contributed by atoms with E-state index in [1.165, 1.54) is 12.1 Å². The van der Waals surface area contributed by atoms with Gasteiger partial charge in [0.15, 0.2) is 0 Å². The molecule has 1 heterocycles. The summed E-state index contributed by atoms with van der Waals surface area (Å²) in [6.07, 6.45) is -1.10. The maximum atomic E-state index is 13.2. The van der Waals surface area contributed by atoms with Gasteiger partial charge in [0.2, 0.25) is 0 Å². The molecule has 8 heteroatoms. The largest absolute Gasteiger partial charge is 0.444 e. The molecule has 0 bridgehead atoms. The number of nitrogens with zero attached hydrogens (tertiary/aromatic N) is 1. The molecule has 2 aliphatic rings. The normalized spacial score (nSPS) is 16.4. The molecule has 1 aliphatic heterocycles. The number of hydrogen-bond donors (Lipinski definition) is 1. The minimum absolute atomic E-state index is 0.226. The number of carbonyl (C=O) groups excluding carboxylic acids is 2. The van der Waals surface area contributed by atoms with Crippen molar-refractivity contribution in [3.8, 4) is 0 Å². The summed E-state index contributed by atoms with van der Waals surface area (Å²) in [5.41, 5.74) is 3.55. The van der Waals surface area contributed by atoms with Crippen molar-refractivity contribution in [3.63, 3.8) is 0 Å².